The summed E-state index contributed by atoms with van der Waals surface area (Å²) < 4.78 is 12.7. The van der Waals surface area contributed by atoms with Crippen molar-refractivity contribution in [3.63, 3.8) is 0 Å². The van der Waals surface area contributed by atoms with Crippen LogP contribution in [0.15, 0.2) is 60.9 Å². The number of hydrogen-bond acceptors (Lipinski definition) is 4. The average molecular weight is 423 g/mol. The highest BCUT2D eigenvalue weighted by atomic mass is 16.5. The molecule has 0 saturated carbocycles. The molecular formula is C24H30N4O3. The van der Waals surface area contributed by atoms with Gasteiger partial charge in [0.15, 0.2) is 0 Å². The van der Waals surface area contributed by atoms with Crippen LogP contribution in [0.2, 0.25) is 0 Å². The Balaban J connectivity index is 1.89. The van der Waals surface area contributed by atoms with Crippen LogP contribution >= 0.6 is 0 Å². The van der Waals surface area contributed by atoms with Crippen molar-refractivity contribution in [1.82, 2.24) is 20.2 Å². The molecule has 1 aromatic heterocycles. The molecule has 0 saturated heterocycles. The maximum atomic E-state index is 13.1. The molecule has 0 radical (unpaired) electrons. The van der Waals surface area contributed by atoms with Gasteiger partial charge in [-0.2, -0.15) is 0 Å². The fraction of sp³-hybridized carbons (Fsp3) is 0.333. The smallest absolute Gasteiger partial charge is 0.316 e. The number of carbonyl (C=O) groups excluding carboxylic acids is 1. The first-order chi connectivity index (χ1) is 15.0. The van der Waals surface area contributed by atoms with Gasteiger partial charge in [0.05, 0.1) is 20.3 Å². The third-order valence-corrected chi connectivity index (χ3v) is 5.18. The van der Waals surface area contributed by atoms with E-state index in [-0.39, 0.29) is 12.1 Å². The van der Waals surface area contributed by atoms with Gasteiger partial charge in [-0.1, -0.05) is 43.7 Å². The van der Waals surface area contributed by atoms with E-state index in [1.54, 1.807) is 26.5 Å². The minimum absolute atomic E-state index is 0.0759. The molecule has 31 heavy (non-hydrogen) atoms. The van der Waals surface area contributed by atoms with Gasteiger partial charge in [0, 0.05) is 25.5 Å². The van der Waals surface area contributed by atoms with Crippen LogP contribution in [0.3, 0.4) is 0 Å². The van der Waals surface area contributed by atoms with Crippen molar-refractivity contribution in [2.24, 2.45) is 7.05 Å². The van der Waals surface area contributed by atoms with Crippen LogP contribution < -0.4 is 20.1 Å². The Morgan fingerprint density at radius 1 is 1.03 bits per heavy atom. The first kappa shape index (κ1) is 22.2. The fourth-order valence-corrected chi connectivity index (χ4v) is 3.58. The molecule has 3 rings (SSSR count). The molecule has 1 heterocycles. The van der Waals surface area contributed by atoms with Crippen LogP contribution in [0.25, 0.3) is 0 Å². The number of hydrogen-bond donors (Lipinski definition) is 2. The van der Waals surface area contributed by atoms with Gasteiger partial charge in [0.25, 0.3) is 0 Å². The van der Waals surface area contributed by atoms with E-state index in [0.717, 1.165) is 24.0 Å². The summed E-state index contributed by atoms with van der Waals surface area (Å²) >= 11 is 0. The predicted molar refractivity (Wildman–Crippen MR) is 120 cm³/mol. The maximum Gasteiger partial charge on any atom is 0.316 e. The van der Waals surface area contributed by atoms with Crippen LogP contribution in [0.4, 0.5) is 4.79 Å². The number of methoxy groups -OCH3 is 2. The third kappa shape index (κ3) is 5.57. The van der Waals surface area contributed by atoms with Crippen LogP contribution in [-0.4, -0.2) is 29.8 Å². The van der Waals surface area contributed by atoms with E-state index in [0.29, 0.717) is 17.3 Å². The van der Waals surface area contributed by atoms with E-state index in [1.807, 2.05) is 60.3 Å². The zero-order valence-corrected chi connectivity index (χ0v) is 18.5. The van der Waals surface area contributed by atoms with E-state index < -0.39 is 6.04 Å². The van der Waals surface area contributed by atoms with Gasteiger partial charge in [0.2, 0.25) is 0 Å². The van der Waals surface area contributed by atoms with Crippen molar-refractivity contribution >= 4 is 6.03 Å². The fourth-order valence-electron chi connectivity index (χ4n) is 3.58. The minimum atomic E-state index is -0.484. The molecular weight excluding hydrogens is 392 g/mol. The number of rotatable bonds is 9. The Morgan fingerprint density at radius 3 is 2.26 bits per heavy atom. The van der Waals surface area contributed by atoms with Crippen molar-refractivity contribution in [2.75, 3.05) is 14.2 Å². The zero-order valence-electron chi connectivity index (χ0n) is 18.5. The molecule has 2 N–H and O–H groups in total. The maximum absolute atomic E-state index is 13.1. The molecule has 3 aromatic rings. The first-order valence-corrected chi connectivity index (χ1v) is 10.4. The number of nitrogens with one attached hydrogen (secondary N) is 2. The number of carbonyl (C=O) groups is 1. The molecule has 2 atom stereocenters. The lowest BCUT2D eigenvalue weighted by Crippen LogP contribution is -2.41. The summed E-state index contributed by atoms with van der Waals surface area (Å²) in [5, 5.41) is 6.22. The SMILES string of the molecule is CCCC(NC(=O)NC(c1cc(OC)cc(OC)c1)c1nccn1C)c1ccccc1. The quantitative estimate of drug-likeness (QED) is 0.537. The second kappa shape index (κ2) is 10.5. The highest BCUT2D eigenvalue weighted by Gasteiger charge is 2.24. The van der Waals surface area contributed by atoms with Crippen molar-refractivity contribution < 1.29 is 14.3 Å². The second-order valence-corrected chi connectivity index (χ2v) is 7.35. The highest BCUT2D eigenvalue weighted by Crippen LogP contribution is 2.29. The molecule has 164 valence electrons. The van der Waals surface area contributed by atoms with E-state index in [9.17, 15) is 4.79 Å². The lowest BCUT2D eigenvalue weighted by molar-refractivity contribution is 0.233. The van der Waals surface area contributed by atoms with E-state index in [1.165, 1.54) is 0 Å². The Morgan fingerprint density at radius 2 is 1.71 bits per heavy atom. The molecule has 0 aliphatic carbocycles. The Hall–Kier alpha value is -3.48. The summed E-state index contributed by atoms with van der Waals surface area (Å²) in [4.78, 5) is 17.5. The van der Waals surface area contributed by atoms with Crippen molar-refractivity contribution in [3.8, 4) is 11.5 Å². The van der Waals surface area contributed by atoms with Gasteiger partial charge < -0.3 is 24.7 Å². The number of aryl methyl sites for hydroxylation is 1. The number of benzene rings is 2. The molecule has 0 bridgehead atoms. The third-order valence-electron chi connectivity index (χ3n) is 5.18. The summed E-state index contributed by atoms with van der Waals surface area (Å²) in [6, 6.07) is 14.7. The minimum Gasteiger partial charge on any atom is -0.497 e. The first-order valence-electron chi connectivity index (χ1n) is 10.4. The Kier molecular flexibility index (Phi) is 7.54. The zero-order chi connectivity index (χ0) is 22.2. The van der Waals surface area contributed by atoms with Crippen molar-refractivity contribution in [3.05, 3.63) is 77.9 Å². The molecule has 2 aromatic carbocycles. The van der Waals surface area contributed by atoms with Crippen molar-refractivity contribution in [1.29, 1.82) is 0 Å². The number of ether oxygens (including phenoxy) is 2. The summed E-state index contributed by atoms with van der Waals surface area (Å²) in [6.45, 7) is 2.11. The van der Waals surface area contributed by atoms with E-state index in [4.69, 9.17) is 9.47 Å². The molecule has 2 amide bonds. The molecule has 0 fully saturated rings. The van der Waals surface area contributed by atoms with Crippen LogP contribution in [0.1, 0.15) is 48.8 Å². The summed E-state index contributed by atoms with van der Waals surface area (Å²) in [5.74, 6) is 1.99. The normalized spacial score (nSPS) is 12.6. The van der Waals surface area contributed by atoms with Gasteiger partial charge in [0.1, 0.15) is 23.4 Å². The van der Waals surface area contributed by atoms with Gasteiger partial charge in [-0.15, -0.1) is 0 Å². The lowest BCUT2D eigenvalue weighted by atomic mass is 10.0. The number of aromatic nitrogens is 2. The van der Waals surface area contributed by atoms with Gasteiger partial charge >= 0.3 is 6.03 Å². The lowest BCUT2D eigenvalue weighted by Gasteiger charge is -2.24. The summed E-state index contributed by atoms with van der Waals surface area (Å²) in [6.07, 6.45) is 5.36. The Bertz CT molecular complexity index is 965. The van der Waals surface area contributed by atoms with Crippen LogP contribution in [-0.2, 0) is 7.05 Å². The monoisotopic (exact) mass is 422 g/mol. The highest BCUT2D eigenvalue weighted by molar-refractivity contribution is 5.75. The predicted octanol–water partition coefficient (Wildman–Crippen LogP) is 4.37. The number of urea groups is 1. The van der Waals surface area contributed by atoms with Crippen molar-refractivity contribution in [2.45, 2.75) is 31.8 Å². The standard InChI is InChI=1S/C24H30N4O3/c1-5-9-21(17-10-7-6-8-11-17)26-24(29)27-22(23-25-12-13-28(23)2)18-14-19(30-3)16-20(15-18)31-4/h6-8,10-16,21-22H,5,9H2,1-4H3,(H2,26,27,29). The summed E-state index contributed by atoms with van der Waals surface area (Å²) in [7, 11) is 5.10. The summed E-state index contributed by atoms with van der Waals surface area (Å²) in [5.41, 5.74) is 1.89. The van der Waals surface area contributed by atoms with E-state index in [2.05, 4.69) is 22.5 Å². The molecule has 2 unspecified atom stereocenters. The van der Waals surface area contributed by atoms with Gasteiger partial charge in [-0.05, 0) is 29.7 Å². The van der Waals surface area contributed by atoms with Gasteiger partial charge in [-0.3, -0.25) is 0 Å². The molecule has 7 nitrogen and oxygen atoms in total. The molecule has 0 spiro atoms. The molecule has 7 heteroatoms. The van der Waals surface area contributed by atoms with Crippen LogP contribution in [0, 0.1) is 0 Å². The van der Waals surface area contributed by atoms with Crippen LogP contribution in [0.5, 0.6) is 11.5 Å². The Labute approximate surface area is 183 Å². The number of amides is 2. The molecule has 0 aliphatic heterocycles. The molecule has 0 aliphatic rings. The number of imidazole rings is 1. The topological polar surface area (TPSA) is 77.4 Å². The average Bonchev–Trinajstić information content (AvgIpc) is 3.22. The van der Waals surface area contributed by atoms with Gasteiger partial charge in [-0.25, -0.2) is 9.78 Å². The van der Waals surface area contributed by atoms with E-state index >= 15 is 0 Å². The largest absolute Gasteiger partial charge is 0.497 e. The second-order valence-electron chi connectivity index (χ2n) is 7.35. The number of nitrogens with zero attached hydrogens (tertiary/aromatic N) is 2.